The Morgan fingerprint density at radius 3 is 2.33 bits per heavy atom. The van der Waals surface area contributed by atoms with Crippen LogP contribution in [0.2, 0.25) is 0 Å². The van der Waals surface area contributed by atoms with E-state index in [1.54, 1.807) is 0 Å². The van der Waals surface area contributed by atoms with Gasteiger partial charge in [-0.15, -0.1) is 0 Å². The van der Waals surface area contributed by atoms with Gasteiger partial charge in [-0.25, -0.2) is 0 Å². The van der Waals surface area contributed by atoms with E-state index in [1.165, 1.54) is 6.07 Å². The van der Waals surface area contributed by atoms with Gasteiger partial charge in [-0.2, -0.15) is 24.9 Å². The van der Waals surface area contributed by atoms with Crippen molar-refractivity contribution >= 4 is 34.7 Å². The predicted octanol–water partition coefficient (Wildman–Crippen LogP) is 3.67. The monoisotopic (exact) mass is 334 g/mol. The molecule has 0 aliphatic carbocycles. The number of hydrogen-bond acceptors (Lipinski definition) is 3. The molecule has 7 heteroatoms. The lowest BCUT2D eigenvalue weighted by atomic mass is 10.1. The minimum Gasteiger partial charge on any atom is -0.389 e. The molecule has 0 saturated carbocycles. The molecule has 1 saturated heterocycles. The molecule has 2 atom stereocenters. The average Bonchev–Trinajstić information content (AvgIpc) is 2.35. The zero-order chi connectivity index (χ0) is 15.8. The largest absolute Gasteiger partial charge is 0.416 e. The lowest BCUT2D eigenvalue weighted by molar-refractivity contribution is -0.137. The molecule has 1 heterocycles. The van der Waals surface area contributed by atoms with Crippen molar-refractivity contribution in [3.63, 3.8) is 0 Å². The van der Waals surface area contributed by atoms with Crippen LogP contribution in [-0.4, -0.2) is 28.6 Å². The fraction of sp³-hybridized carbons (Fsp3) is 0.500. The fourth-order valence-corrected chi connectivity index (χ4v) is 4.05. The Hall–Kier alpha value is -0.950. The first kappa shape index (κ1) is 16.4. The molecule has 0 bridgehead atoms. The van der Waals surface area contributed by atoms with E-state index in [-0.39, 0.29) is 4.99 Å². The van der Waals surface area contributed by atoms with E-state index in [0.717, 1.165) is 25.2 Å². The number of nitrogens with two attached hydrogens (primary N) is 1. The van der Waals surface area contributed by atoms with Crippen molar-refractivity contribution in [2.45, 2.75) is 30.5 Å². The van der Waals surface area contributed by atoms with Crippen molar-refractivity contribution in [2.75, 3.05) is 18.0 Å². The quantitative estimate of drug-likeness (QED) is 0.836. The number of alkyl halides is 3. The zero-order valence-corrected chi connectivity index (χ0v) is 13.4. The summed E-state index contributed by atoms with van der Waals surface area (Å²) in [5.41, 5.74) is 5.90. The smallest absolute Gasteiger partial charge is 0.389 e. The van der Waals surface area contributed by atoms with Crippen LogP contribution in [0.3, 0.4) is 0 Å². The van der Waals surface area contributed by atoms with Crippen LogP contribution in [-0.2, 0) is 6.18 Å². The van der Waals surface area contributed by atoms with Gasteiger partial charge in [0, 0.05) is 34.8 Å². The van der Waals surface area contributed by atoms with Crippen molar-refractivity contribution in [1.82, 2.24) is 0 Å². The highest BCUT2D eigenvalue weighted by Crippen LogP contribution is 2.35. The summed E-state index contributed by atoms with van der Waals surface area (Å²) in [7, 11) is 0. The Labute approximate surface area is 131 Å². The average molecular weight is 334 g/mol. The number of benzene rings is 1. The van der Waals surface area contributed by atoms with Crippen LogP contribution < -0.4 is 10.6 Å². The minimum absolute atomic E-state index is 0.00497. The second-order valence-electron chi connectivity index (χ2n) is 5.26. The Balaban J connectivity index is 2.41. The summed E-state index contributed by atoms with van der Waals surface area (Å²) < 4.78 is 38.5. The van der Waals surface area contributed by atoms with Crippen LogP contribution >= 0.6 is 24.0 Å². The van der Waals surface area contributed by atoms with Crippen LogP contribution in [0.25, 0.3) is 0 Å². The van der Waals surface area contributed by atoms with Crippen molar-refractivity contribution < 1.29 is 13.2 Å². The fourth-order valence-electron chi connectivity index (χ4n) is 2.56. The van der Waals surface area contributed by atoms with Crippen molar-refractivity contribution in [2.24, 2.45) is 5.73 Å². The van der Waals surface area contributed by atoms with Gasteiger partial charge in [0.15, 0.2) is 0 Å². The molecular weight excluding hydrogens is 317 g/mol. The molecule has 0 amide bonds. The molecule has 1 fully saturated rings. The van der Waals surface area contributed by atoms with E-state index in [9.17, 15) is 13.2 Å². The molecule has 2 rings (SSSR count). The molecular formula is C14H17F3N2S2. The first-order chi connectivity index (χ1) is 9.68. The van der Waals surface area contributed by atoms with Crippen LogP contribution in [0.1, 0.15) is 25.0 Å². The molecule has 2 unspecified atom stereocenters. The zero-order valence-electron chi connectivity index (χ0n) is 11.8. The molecule has 1 aliphatic rings. The van der Waals surface area contributed by atoms with Crippen molar-refractivity contribution in [1.29, 1.82) is 0 Å². The van der Waals surface area contributed by atoms with E-state index in [4.69, 9.17) is 18.0 Å². The van der Waals surface area contributed by atoms with E-state index in [1.807, 2.05) is 11.8 Å². The molecule has 1 aromatic carbocycles. The van der Waals surface area contributed by atoms with Crippen LogP contribution in [0.4, 0.5) is 18.9 Å². The first-order valence-electron chi connectivity index (χ1n) is 6.60. The molecule has 2 N–H and O–H groups in total. The molecule has 116 valence electrons. The standard InChI is InChI=1S/C14H17F3N2S2/c1-8-6-19(7-9(2)21-8)12-4-3-10(14(15,16)17)5-11(12)13(18)20/h3-5,8-9H,6-7H2,1-2H3,(H2,18,20). The third kappa shape index (κ3) is 3.83. The summed E-state index contributed by atoms with van der Waals surface area (Å²) in [5, 5.41) is 0.825. The van der Waals surface area contributed by atoms with E-state index < -0.39 is 11.7 Å². The van der Waals surface area contributed by atoms with Crippen LogP contribution in [0.15, 0.2) is 18.2 Å². The number of nitrogens with zero attached hydrogens (tertiary/aromatic N) is 1. The molecule has 2 nitrogen and oxygen atoms in total. The van der Waals surface area contributed by atoms with Gasteiger partial charge in [0.05, 0.1) is 5.56 Å². The third-order valence-corrected chi connectivity index (χ3v) is 4.80. The van der Waals surface area contributed by atoms with Gasteiger partial charge in [0.25, 0.3) is 0 Å². The summed E-state index contributed by atoms with van der Waals surface area (Å²) in [4.78, 5) is 2.06. The second-order valence-corrected chi connectivity index (χ2v) is 7.58. The number of anilines is 1. The van der Waals surface area contributed by atoms with Crippen LogP contribution in [0, 0.1) is 0 Å². The van der Waals surface area contributed by atoms with Gasteiger partial charge >= 0.3 is 6.18 Å². The highest BCUT2D eigenvalue weighted by atomic mass is 32.2. The number of halogens is 3. The van der Waals surface area contributed by atoms with E-state index >= 15 is 0 Å². The van der Waals surface area contributed by atoms with Gasteiger partial charge in [0.1, 0.15) is 4.99 Å². The van der Waals surface area contributed by atoms with Gasteiger partial charge in [-0.3, -0.25) is 0 Å². The summed E-state index contributed by atoms with van der Waals surface area (Å²) in [6, 6.07) is 3.62. The maximum absolute atomic E-state index is 12.8. The summed E-state index contributed by atoms with van der Waals surface area (Å²) in [6.07, 6.45) is -4.39. The third-order valence-electron chi connectivity index (χ3n) is 3.35. The first-order valence-corrected chi connectivity index (χ1v) is 7.95. The predicted molar refractivity (Wildman–Crippen MR) is 86.1 cm³/mol. The highest BCUT2D eigenvalue weighted by molar-refractivity contribution is 8.00. The lowest BCUT2D eigenvalue weighted by Gasteiger charge is -2.37. The summed E-state index contributed by atoms with van der Waals surface area (Å²) in [5.74, 6) is 0. The van der Waals surface area contributed by atoms with Gasteiger partial charge in [0.2, 0.25) is 0 Å². The number of hydrogen-bond donors (Lipinski definition) is 1. The molecule has 1 aromatic rings. The van der Waals surface area contributed by atoms with Gasteiger partial charge in [-0.1, -0.05) is 26.1 Å². The van der Waals surface area contributed by atoms with Crippen molar-refractivity contribution in [3.05, 3.63) is 29.3 Å². The Kier molecular flexibility index (Phi) is 4.72. The molecule has 21 heavy (non-hydrogen) atoms. The maximum Gasteiger partial charge on any atom is 0.416 e. The number of thiocarbonyl (C=S) groups is 1. The number of rotatable bonds is 2. The highest BCUT2D eigenvalue weighted by Gasteiger charge is 2.32. The van der Waals surface area contributed by atoms with E-state index in [2.05, 4.69) is 18.7 Å². The van der Waals surface area contributed by atoms with Crippen LogP contribution in [0.5, 0.6) is 0 Å². The Bertz CT molecular complexity index is 536. The van der Waals surface area contributed by atoms with Crippen molar-refractivity contribution in [3.8, 4) is 0 Å². The molecule has 0 aromatic heterocycles. The lowest BCUT2D eigenvalue weighted by Crippen LogP contribution is -2.41. The Morgan fingerprint density at radius 2 is 1.86 bits per heavy atom. The maximum atomic E-state index is 12.8. The normalized spacial score (nSPS) is 23.2. The summed E-state index contributed by atoms with van der Waals surface area (Å²) in [6.45, 7) is 5.77. The molecule has 1 aliphatic heterocycles. The SMILES string of the molecule is CC1CN(c2ccc(C(F)(F)F)cc2C(N)=S)CC(C)S1. The Morgan fingerprint density at radius 1 is 1.29 bits per heavy atom. The molecule has 0 spiro atoms. The van der Waals surface area contributed by atoms with E-state index in [0.29, 0.717) is 21.8 Å². The minimum atomic E-state index is -4.39. The molecule has 0 radical (unpaired) electrons. The topological polar surface area (TPSA) is 29.3 Å². The second kappa shape index (κ2) is 6.04. The summed E-state index contributed by atoms with van der Waals surface area (Å²) >= 11 is 6.81. The van der Waals surface area contributed by atoms with Gasteiger partial charge < -0.3 is 10.6 Å². The number of thioether (sulfide) groups is 1. The van der Waals surface area contributed by atoms with Gasteiger partial charge in [-0.05, 0) is 18.2 Å².